The van der Waals surface area contributed by atoms with Gasteiger partial charge in [0.25, 0.3) is 0 Å². The lowest BCUT2D eigenvalue weighted by Crippen LogP contribution is -1.90. The lowest BCUT2D eigenvalue weighted by atomic mass is 10.3. The molecule has 4 heteroatoms. The van der Waals surface area contributed by atoms with Crippen LogP contribution in [0.1, 0.15) is 0 Å². The maximum absolute atomic E-state index is 5.40. The summed E-state index contributed by atoms with van der Waals surface area (Å²) in [7, 11) is 0. The summed E-state index contributed by atoms with van der Waals surface area (Å²) in [5, 5.41) is 8.51. The van der Waals surface area contributed by atoms with Gasteiger partial charge in [0.1, 0.15) is 11.3 Å². The molecule has 2 aromatic heterocycles. The third kappa shape index (κ3) is 0.621. The summed E-state index contributed by atoms with van der Waals surface area (Å²) in [6, 6.07) is 1.78. The summed E-state index contributed by atoms with van der Waals surface area (Å²) in [6.45, 7) is 0. The molecule has 10 heavy (non-hydrogen) atoms. The first kappa shape index (κ1) is 5.22. The average Bonchev–Trinajstić information content (AvgIpc) is 2.33. The number of aromatic amines is 1. The smallest absolute Gasteiger partial charge is 0.146 e. The zero-order chi connectivity index (χ0) is 6.97. The van der Waals surface area contributed by atoms with E-state index in [-0.39, 0.29) is 0 Å². The van der Waals surface area contributed by atoms with Crippen molar-refractivity contribution in [3.8, 4) is 0 Å². The summed E-state index contributed by atoms with van der Waals surface area (Å²) in [4.78, 5) is 2.91. The third-order valence-electron chi connectivity index (χ3n) is 1.33. The Morgan fingerprint density at radius 3 is 3.10 bits per heavy atom. The maximum atomic E-state index is 5.40. The number of nitrogen functional groups attached to an aromatic ring is 1. The van der Waals surface area contributed by atoms with Crippen molar-refractivity contribution in [2.24, 2.45) is 0 Å². The predicted octanol–water partition coefficient (Wildman–Crippen LogP) is 0.540. The minimum Gasteiger partial charge on any atom is -0.382 e. The Kier molecular flexibility index (Phi) is 0.887. The van der Waals surface area contributed by atoms with Gasteiger partial charge in [-0.1, -0.05) is 0 Å². The molecule has 0 amide bonds. The van der Waals surface area contributed by atoms with Gasteiger partial charge in [0, 0.05) is 17.8 Å². The number of hydrogen-bond acceptors (Lipinski definition) is 3. The van der Waals surface area contributed by atoms with Crippen molar-refractivity contribution in [1.29, 1.82) is 0 Å². The van der Waals surface area contributed by atoms with Crippen LogP contribution >= 0.6 is 0 Å². The van der Waals surface area contributed by atoms with E-state index in [2.05, 4.69) is 15.2 Å². The van der Waals surface area contributed by atoms with Crippen LogP contribution in [0.15, 0.2) is 18.5 Å². The Balaban J connectivity index is 2.86. The Morgan fingerprint density at radius 2 is 2.20 bits per heavy atom. The lowest BCUT2D eigenvalue weighted by Gasteiger charge is -1.87. The van der Waals surface area contributed by atoms with E-state index in [0.29, 0.717) is 5.82 Å². The number of nitrogens with one attached hydrogen (secondary N) is 1. The number of anilines is 1. The Bertz CT molecular complexity index is 351. The summed E-state index contributed by atoms with van der Waals surface area (Å²) in [6.07, 6.45) is 3.61. The molecule has 0 fully saturated rings. The normalized spacial score (nSPS) is 10.4. The zero-order valence-corrected chi connectivity index (χ0v) is 5.20. The zero-order valence-electron chi connectivity index (χ0n) is 5.20. The van der Waals surface area contributed by atoms with Crippen molar-refractivity contribution in [1.82, 2.24) is 15.2 Å². The molecule has 0 aromatic carbocycles. The molecule has 2 rings (SSSR count). The highest BCUT2D eigenvalue weighted by molar-refractivity contribution is 5.79. The molecule has 0 radical (unpaired) electrons. The van der Waals surface area contributed by atoms with Gasteiger partial charge in [-0.25, -0.2) is 0 Å². The highest BCUT2D eigenvalue weighted by Crippen LogP contribution is 2.09. The van der Waals surface area contributed by atoms with Crippen LogP contribution in [0.2, 0.25) is 0 Å². The highest BCUT2D eigenvalue weighted by atomic mass is 15.1. The van der Waals surface area contributed by atoms with Gasteiger partial charge in [-0.15, -0.1) is 10.2 Å². The first-order valence-corrected chi connectivity index (χ1v) is 2.92. The Labute approximate surface area is 57.1 Å². The fourth-order valence-electron chi connectivity index (χ4n) is 0.870. The van der Waals surface area contributed by atoms with Gasteiger partial charge in [0.2, 0.25) is 0 Å². The van der Waals surface area contributed by atoms with Gasteiger partial charge in [0.05, 0.1) is 0 Å². The van der Waals surface area contributed by atoms with Crippen LogP contribution in [0.5, 0.6) is 0 Å². The Hall–Kier alpha value is -1.58. The first-order chi connectivity index (χ1) is 4.86. The van der Waals surface area contributed by atoms with E-state index >= 15 is 0 Å². The van der Waals surface area contributed by atoms with Gasteiger partial charge < -0.3 is 10.7 Å². The molecule has 2 aromatic rings. The van der Waals surface area contributed by atoms with Gasteiger partial charge >= 0.3 is 0 Å². The van der Waals surface area contributed by atoms with Crippen LogP contribution < -0.4 is 5.73 Å². The van der Waals surface area contributed by atoms with E-state index in [1.165, 1.54) is 0 Å². The summed E-state index contributed by atoms with van der Waals surface area (Å²) >= 11 is 0. The fraction of sp³-hybridized carbons (Fsp3) is 0. The number of fused-ring (bicyclic) bond motifs is 1. The molecule has 0 saturated heterocycles. The number of rotatable bonds is 0. The molecule has 0 atom stereocenters. The number of nitrogens with two attached hydrogens (primary N) is 1. The van der Waals surface area contributed by atoms with Gasteiger partial charge in [0.15, 0.2) is 0 Å². The summed E-state index contributed by atoms with van der Waals surface area (Å²) < 4.78 is 0. The van der Waals surface area contributed by atoms with Crippen LogP contribution in [0.25, 0.3) is 10.9 Å². The quantitative estimate of drug-likeness (QED) is 0.552. The number of nitrogens with zero attached hydrogens (tertiary/aromatic N) is 2. The molecular formula is C6H6N4. The van der Waals surface area contributed by atoms with Gasteiger partial charge in [-0.05, 0) is 6.07 Å². The molecule has 0 saturated carbocycles. The molecule has 50 valence electrons. The monoisotopic (exact) mass is 134 g/mol. The van der Waals surface area contributed by atoms with Crippen molar-refractivity contribution >= 4 is 16.7 Å². The van der Waals surface area contributed by atoms with Crippen molar-refractivity contribution in [2.75, 3.05) is 5.73 Å². The van der Waals surface area contributed by atoms with Crippen LogP contribution in [0.3, 0.4) is 0 Å². The maximum Gasteiger partial charge on any atom is 0.146 e. The van der Waals surface area contributed by atoms with E-state index < -0.39 is 0 Å². The standard InChI is InChI=1S/C6H6N4/c7-6-1-4-2-8-3-5(4)9-10-6/h1-3,8H,7H2. The summed E-state index contributed by atoms with van der Waals surface area (Å²) in [5.74, 6) is 0.451. The lowest BCUT2D eigenvalue weighted by molar-refractivity contribution is 1.09. The van der Waals surface area contributed by atoms with Gasteiger partial charge in [-0.3, -0.25) is 0 Å². The first-order valence-electron chi connectivity index (χ1n) is 2.92. The van der Waals surface area contributed by atoms with E-state index in [0.717, 1.165) is 10.9 Å². The van der Waals surface area contributed by atoms with Crippen LogP contribution in [0, 0.1) is 0 Å². The molecule has 0 aliphatic rings. The minimum atomic E-state index is 0.451. The van der Waals surface area contributed by atoms with Crippen molar-refractivity contribution in [3.05, 3.63) is 18.5 Å². The Morgan fingerprint density at radius 1 is 1.30 bits per heavy atom. The molecule has 0 bridgehead atoms. The van der Waals surface area contributed by atoms with E-state index in [4.69, 9.17) is 5.73 Å². The minimum absolute atomic E-state index is 0.451. The molecule has 3 N–H and O–H groups in total. The molecular weight excluding hydrogens is 128 g/mol. The molecule has 0 aliphatic carbocycles. The summed E-state index contributed by atoms with van der Waals surface area (Å²) in [5.41, 5.74) is 6.24. The van der Waals surface area contributed by atoms with Crippen LogP contribution in [-0.2, 0) is 0 Å². The van der Waals surface area contributed by atoms with E-state index in [1.807, 2.05) is 6.20 Å². The number of H-pyrrole nitrogens is 1. The van der Waals surface area contributed by atoms with Crippen LogP contribution in [0.4, 0.5) is 5.82 Å². The SMILES string of the molecule is Nc1cc2c[nH]cc2nn1. The van der Waals surface area contributed by atoms with Gasteiger partial charge in [-0.2, -0.15) is 0 Å². The fourth-order valence-corrected chi connectivity index (χ4v) is 0.870. The molecule has 2 heterocycles. The largest absolute Gasteiger partial charge is 0.382 e. The molecule has 0 spiro atoms. The van der Waals surface area contributed by atoms with Crippen LogP contribution in [-0.4, -0.2) is 15.2 Å². The second-order valence-electron chi connectivity index (χ2n) is 2.07. The van der Waals surface area contributed by atoms with E-state index in [1.54, 1.807) is 12.3 Å². The topological polar surface area (TPSA) is 67.6 Å². The number of hydrogen-bond donors (Lipinski definition) is 2. The molecule has 0 aliphatic heterocycles. The molecule has 4 nitrogen and oxygen atoms in total. The second kappa shape index (κ2) is 1.70. The van der Waals surface area contributed by atoms with E-state index in [9.17, 15) is 0 Å². The third-order valence-corrected chi connectivity index (χ3v) is 1.33. The van der Waals surface area contributed by atoms with Crippen molar-refractivity contribution < 1.29 is 0 Å². The highest BCUT2D eigenvalue weighted by Gasteiger charge is 1.94. The average molecular weight is 134 g/mol. The van der Waals surface area contributed by atoms with Crippen molar-refractivity contribution in [2.45, 2.75) is 0 Å². The van der Waals surface area contributed by atoms with Crippen molar-refractivity contribution in [3.63, 3.8) is 0 Å². The number of aromatic nitrogens is 3. The predicted molar refractivity (Wildman–Crippen MR) is 38.3 cm³/mol. The second-order valence-corrected chi connectivity index (χ2v) is 2.07. The molecule has 0 unspecified atom stereocenters.